The highest BCUT2D eigenvalue weighted by Gasteiger charge is 2.17. The van der Waals surface area contributed by atoms with Crippen LogP contribution in [-0.2, 0) is 9.53 Å². The van der Waals surface area contributed by atoms with Gasteiger partial charge in [-0.3, -0.25) is 4.79 Å². The highest BCUT2D eigenvalue weighted by Crippen LogP contribution is 2.23. The van der Waals surface area contributed by atoms with E-state index in [2.05, 4.69) is 9.97 Å². The SMILES string of the molecule is Br.COc1ccc2nc(SCC(=O)OC(C)(C)C)[nH]c2c1. The summed E-state index contributed by atoms with van der Waals surface area (Å²) in [7, 11) is 1.62. The molecule has 1 aromatic carbocycles. The average Bonchev–Trinajstić information content (AvgIpc) is 2.75. The zero-order chi connectivity index (χ0) is 14.8. The summed E-state index contributed by atoms with van der Waals surface area (Å²) < 4.78 is 10.4. The van der Waals surface area contributed by atoms with Crippen LogP contribution in [0.5, 0.6) is 5.75 Å². The maximum atomic E-state index is 11.6. The van der Waals surface area contributed by atoms with Crippen molar-refractivity contribution in [3.8, 4) is 5.75 Å². The molecule has 1 aromatic heterocycles. The summed E-state index contributed by atoms with van der Waals surface area (Å²) in [5.74, 6) is 0.749. The number of nitrogens with one attached hydrogen (secondary N) is 1. The van der Waals surface area contributed by atoms with Crippen LogP contribution in [0.15, 0.2) is 23.4 Å². The van der Waals surface area contributed by atoms with E-state index in [0.717, 1.165) is 16.8 Å². The van der Waals surface area contributed by atoms with Crippen LogP contribution in [0, 0.1) is 0 Å². The van der Waals surface area contributed by atoms with Crippen LogP contribution >= 0.6 is 28.7 Å². The zero-order valence-electron chi connectivity index (χ0n) is 12.4. The number of hydrogen-bond donors (Lipinski definition) is 1. The Morgan fingerprint density at radius 2 is 2.10 bits per heavy atom. The molecular formula is C14H19BrN2O3S. The lowest BCUT2D eigenvalue weighted by molar-refractivity contribution is -0.151. The fourth-order valence-corrected chi connectivity index (χ4v) is 2.32. The molecule has 0 amide bonds. The minimum atomic E-state index is -0.459. The number of fused-ring (bicyclic) bond motifs is 1. The number of carbonyl (C=O) groups excluding carboxylic acids is 1. The van der Waals surface area contributed by atoms with Gasteiger partial charge in [0.1, 0.15) is 11.4 Å². The van der Waals surface area contributed by atoms with Crippen molar-refractivity contribution in [2.45, 2.75) is 31.5 Å². The fourth-order valence-electron chi connectivity index (χ4n) is 1.66. The van der Waals surface area contributed by atoms with Crippen LogP contribution in [0.4, 0.5) is 0 Å². The van der Waals surface area contributed by atoms with Gasteiger partial charge < -0.3 is 14.5 Å². The fraction of sp³-hybridized carbons (Fsp3) is 0.429. The van der Waals surface area contributed by atoms with E-state index in [1.165, 1.54) is 11.8 Å². The summed E-state index contributed by atoms with van der Waals surface area (Å²) in [4.78, 5) is 19.2. The van der Waals surface area contributed by atoms with E-state index in [1.807, 2.05) is 39.0 Å². The number of hydrogen-bond acceptors (Lipinski definition) is 5. The molecule has 0 bridgehead atoms. The molecule has 0 aliphatic heterocycles. The predicted octanol–water partition coefficient (Wildman–Crippen LogP) is 3.58. The monoisotopic (exact) mass is 374 g/mol. The number of rotatable bonds is 4. The lowest BCUT2D eigenvalue weighted by Gasteiger charge is -2.18. The smallest absolute Gasteiger partial charge is 0.316 e. The van der Waals surface area contributed by atoms with Gasteiger partial charge in [0.2, 0.25) is 0 Å². The van der Waals surface area contributed by atoms with Crippen molar-refractivity contribution in [1.29, 1.82) is 0 Å². The molecule has 5 nitrogen and oxygen atoms in total. The van der Waals surface area contributed by atoms with Crippen molar-refractivity contribution in [3.63, 3.8) is 0 Å². The number of imidazole rings is 1. The molecule has 2 aromatic rings. The molecule has 0 spiro atoms. The Hall–Kier alpha value is -1.21. The minimum absolute atomic E-state index is 0. The maximum Gasteiger partial charge on any atom is 0.316 e. The van der Waals surface area contributed by atoms with E-state index in [-0.39, 0.29) is 28.7 Å². The third-order valence-electron chi connectivity index (χ3n) is 2.41. The summed E-state index contributed by atoms with van der Waals surface area (Å²) >= 11 is 1.33. The molecule has 0 unspecified atom stereocenters. The van der Waals surface area contributed by atoms with E-state index in [4.69, 9.17) is 9.47 Å². The van der Waals surface area contributed by atoms with Gasteiger partial charge in [-0.1, -0.05) is 11.8 Å². The molecule has 0 atom stereocenters. The summed E-state index contributed by atoms with van der Waals surface area (Å²) in [6.45, 7) is 5.55. The largest absolute Gasteiger partial charge is 0.497 e. The Kier molecular flexibility index (Phi) is 6.10. The zero-order valence-corrected chi connectivity index (χ0v) is 15.0. The van der Waals surface area contributed by atoms with Gasteiger partial charge >= 0.3 is 5.97 Å². The summed E-state index contributed by atoms with van der Waals surface area (Å²) in [6.07, 6.45) is 0. The third kappa shape index (κ3) is 5.24. The van der Waals surface area contributed by atoms with Gasteiger partial charge in [-0.15, -0.1) is 17.0 Å². The van der Waals surface area contributed by atoms with Gasteiger partial charge in [-0.2, -0.15) is 0 Å². The molecule has 0 aliphatic carbocycles. The van der Waals surface area contributed by atoms with Crippen molar-refractivity contribution < 1.29 is 14.3 Å². The molecule has 0 radical (unpaired) electrons. The number of H-pyrrole nitrogens is 1. The van der Waals surface area contributed by atoms with Crippen LogP contribution in [-0.4, -0.2) is 34.4 Å². The van der Waals surface area contributed by atoms with E-state index in [0.29, 0.717) is 5.16 Å². The molecule has 116 valence electrons. The molecule has 2 rings (SSSR count). The van der Waals surface area contributed by atoms with Crippen LogP contribution < -0.4 is 4.74 Å². The first-order chi connectivity index (χ1) is 9.37. The number of aromatic nitrogens is 2. The molecule has 0 saturated carbocycles. The number of methoxy groups -OCH3 is 1. The standard InChI is InChI=1S/C14H18N2O3S.BrH/c1-14(2,3)19-12(17)8-20-13-15-10-6-5-9(18-4)7-11(10)16-13;/h5-7H,8H2,1-4H3,(H,15,16);1H. The number of aromatic amines is 1. The van der Waals surface area contributed by atoms with E-state index in [1.54, 1.807) is 7.11 Å². The van der Waals surface area contributed by atoms with E-state index < -0.39 is 5.60 Å². The predicted molar refractivity (Wildman–Crippen MR) is 89.5 cm³/mol. The van der Waals surface area contributed by atoms with Gasteiger partial charge in [-0.05, 0) is 32.9 Å². The molecular weight excluding hydrogens is 356 g/mol. The second kappa shape index (κ2) is 7.17. The number of ether oxygens (including phenoxy) is 2. The van der Waals surface area contributed by atoms with Gasteiger partial charge in [0.05, 0.1) is 23.9 Å². The summed E-state index contributed by atoms with van der Waals surface area (Å²) in [6, 6.07) is 5.60. The molecule has 21 heavy (non-hydrogen) atoms. The van der Waals surface area contributed by atoms with Gasteiger partial charge in [0, 0.05) is 6.07 Å². The molecule has 1 heterocycles. The van der Waals surface area contributed by atoms with Gasteiger partial charge in [0.15, 0.2) is 5.16 Å². The maximum absolute atomic E-state index is 11.6. The van der Waals surface area contributed by atoms with Crippen LogP contribution in [0.2, 0.25) is 0 Å². The van der Waals surface area contributed by atoms with Crippen molar-refractivity contribution >= 4 is 45.7 Å². The molecule has 1 N–H and O–H groups in total. The first kappa shape index (κ1) is 17.8. The van der Waals surface area contributed by atoms with Crippen molar-refractivity contribution in [2.75, 3.05) is 12.9 Å². The van der Waals surface area contributed by atoms with Gasteiger partial charge in [0.25, 0.3) is 0 Å². The molecule has 0 aliphatic rings. The highest BCUT2D eigenvalue weighted by molar-refractivity contribution is 8.93. The lowest BCUT2D eigenvalue weighted by atomic mass is 10.2. The second-order valence-corrected chi connectivity index (χ2v) is 6.26. The Morgan fingerprint density at radius 1 is 1.38 bits per heavy atom. The number of esters is 1. The van der Waals surface area contributed by atoms with Crippen LogP contribution in [0.1, 0.15) is 20.8 Å². The van der Waals surface area contributed by atoms with Crippen molar-refractivity contribution in [3.05, 3.63) is 18.2 Å². The number of thioether (sulfide) groups is 1. The third-order valence-corrected chi connectivity index (χ3v) is 3.26. The first-order valence-corrected chi connectivity index (χ1v) is 7.24. The van der Waals surface area contributed by atoms with Crippen molar-refractivity contribution in [2.24, 2.45) is 0 Å². The highest BCUT2D eigenvalue weighted by atomic mass is 79.9. The Morgan fingerprint density at radius 3 is 2.71 bits per heavy atom. The van der Waals surface area contributed by atoms with E-state index >= 15 is 0 Å². The Labute approximate surface area is 138 Å². The molecule has 0 fully saturated rings. The lowest BCUT2D eigenvalue weighted by Crippen LogP contribution is -2.24. The van der Waals surface area contributed by atoms with Crippen LogP contribution in [0.3, 0.4) is 0 Å². The quantitative estimate of drug-likeness (QED) is 0.654. The summed E-state index contributed by atoms with van der Waals surface area (Å²) in [5.41, 5.74) is 1.27. The number of carbonyl (C=O) groups is 1. The van der Waals surface area contributed by atoms with Gasteiger partial charge in [-0.25, -0.2) is 4.98 Å². The van der Waals surface area contributed by atoms with E-state index in [9.17, 15) is 4.79 Å². The molecule has 0 saturated heterocycles. The second-order valence-electron chi connectivity index (χ2n) is 5.30. The molecule has 7 heteroatoms. The van der Waals surface area contributed by atoms with Crippen molar-refractivity contribution in [1.82, 2.24) is 9.97 Å². The Balaban J connectivity index is 0.00000220. The topological polar surface area (TPSA) is 64.2 Å². The number of halogens is 1. The Bertz CT molecular complexity index is 622. The first-order valence-electron chi connectivity index (χ1n) is 6.26. The normalized spacial score (nSPS) is 11.0. The minimum Gasteiger partial charge on any atom is -0.497 e. The summed E-state index contributed by atoms with van der Waals surface area (Å²) in [5, 5.41) is 0.694. The number of nitrogens with zero attached hydrogens (tertiary/aromatic N) is 1. The number of benzene rings is 1. The van der Waals surface area contributed by atoms with Crippen LogP contribution in [0.25, 0.3) is 11.0 Å². The average molecular weight is 375 g/mol.